The second kappa shape index (κ2) is 11.0. The molecule has 0 saturated carbocycles. The molecule has 2 heterocycles. The van der Waals surface area contributed by atoms with Gasteiger partial charge in [-0.05, 0) is 13.3 Å². The van der Waals surface area contributed by atoms with Crippen molar-refractivity contribution in [3.63, 3.8) is 0 Å². The Morgan fingerprint density at radius 1 is 1.44 bits per heavy atom. The van der Waals surface area contributed by atoms with E-state index in [2.05, 4.69) is 20.6 Å². The van der Waals surface area contributed by atoms with E-state index in [-0.39, 0.29) is 35.9 Å². The van der Waals surface area contributed by atoms with Gasteiger partial charge in [0.25, 0.3) is 0 Å². The Labute approximate surface area is 178 Å². The molecule has 1 amide bonds. The Morgan fingerprint density at radius 2 is 2.19 bits per heavy atom. The highest BCUT2D eigenvalue weighted by Crippen LogP contribution is 2.30. The number of amides is 1. The average molecular weight is 519 g/mol. The normalized spacial score (nSPS) is 17.6. The van der Waals surface area contributed by atoms with Gasteiger partial charge in [0.15, 0.2) is 11.7 Å². The summed E-state index contributed by atoms with van der Waals surface area (Å²) in [5.74, 6) is 0.747. The molecule has 11 heteroatoms. The lowest BCUT2D eigenvalue weighted by Crippen LogP contribution is -2.45. The number of aromatic nitrogens is 1. The Morgan fingerprint density at radius 3 is 2.78 bits per heavy atom. The molecular weight excluding hydrogens is 494 g/mol. The van der Waals surface area contributed by atoms with Crippen LogP contribution in [0.15, 0.2) is 10.4 Å². The zero-order valence-corrected chi connectivity index (χ0v) is 18.5. The van der Waals surface area contributed by atoms with Crippen molar-refractivity contribution in [2.45, 2.75) is 45.3 Å². The van der Waals surface area contributed by atoms with E-state index in [0.717, 1.165) is 29.7 Å². The van der Waals surface area contributed by atoms with Crippen molar-refractivity contribution in [2.24, 2.45) is 4.99 Å². The minimum atomic E-state index is -4.40. The molecule has 27 heavy (non-hydrogen) atoms. The minimum Gasteiger partial charge on any atom is -0.357 e. The molecule has 2 N–H and O–H groups in total. The van der Waals surface area contributed by atoms with Gasteiger partial charge in [-0.3, -0.25) is 9.79 Å². The number of halogens is 4. The van der Waals surface area contributed by atoms with E-state index in [9.17, 15) is 18.0 Å². The van der Waals surface area contributed by atoms with E-state index < -0.39 is 11.9 Å². The highest BCUT2D eigenvalue weighted by atomic mass is 127. The Balaban J connectivity index is 0.00000364. The predicted molar refractivity (Wildman–Crippen MR) is 111 cm³/mol. The molecule has 1 atom stereocenters. The van der Waals surface area contributed by atoms with Crippen molar-refractivity contribution in [3.05, 3.63) is 16.1 Å². The van der Waals surface area contributed by atoms with Crippen LogP contribution in [0.1, 0.15) is 37.4 Å². The molecule has 0 radical (unpaired) electrons. The number of guanidine groups is 1. The van der Waals surface area contributed by atoms with Crippen LogP contribution >= 0.6 is 35.3 Å². The van der Waals surface area contributed by atoms with E-state index in [1.165, 1.54) is 0 Å². The molecule has 1 aromatic heterocycles. The number of carbonyl (C=O) groups excluding carboxylic acids is 1. The number of hydrogen-bond donors (Lipinski definition) is 2. The van der Waals surface area contributed by atoms with Crippen LogP contribution in [0.2, 0.25) is 0 Å². The van der Waals surface area contributed by atoms with Crippen LogP contribution < -0.4 is 10.6 Å². The van der Waals surface area contributed by atoms with Gasteiger partial charge in [-0.1, -0.05) is 6.92 Å². The highest BCUT2D eigenvalue weighted by Gasteiger charge is 2.33. The van der Waals surface area contributed by atoms with Gasteiger partial charge in [-0.15, -0.1) is 35.3 Å². The van der Waals surface area contributed by atoms with Crippen molar-refractivity contribution in [2.75, 3.05) is 26.2 Å². The lowest BCUT2D eigenvalue weighted by atomic mass is 10.3. The summed E-state index contributed by atoms with van der Waals surface area (Å²) in [5, 5.41) is 7.85. The molecule has 1 aliphatic heterocycles. The molecular formula is C16H25F3IN5OS. The fraction of sp³-hybridized carbons (Fsp3) is 0.688. The van der Waals surface area contributed by atoms with E-state index in [4.69, 9.17) is 0 Å². The largest absolute Gasteiger partial charge is 0.434 e. The molecule has 0 spiro atoms. The Hall–Kier alpha value is -1.11. The lowest BCUT2D eigenvalue weighted by Gasteiger charge is -2.18. The first-order valence-corrected chi connectivity index (χ1v) is 9.55. The zero-order chi connectivity index (χ0) is 19.2. The van der Waals surface area contributed by atoms with Crippen molar-refractivity contribution in [3.8, 4) is 0 Å². The molecule has 6 nitrogen and oxygen atoms in total. The van der Waals surface area contributed by atoms with Crippen LogP contribution in [0, 0.1) is 0 Å². The second-order valence-electron chi connectivity index (χ2n) is 5.96. The van der Waals surface area contributed by atoms with Gasteiger partial charge in [-0.25, -0.2) is 4.98 Å². The summed E-state index contributed by atoms with van der Waals surface area (Å²) in [6, 6.07) is 0.125. The maximum atomic E-state index is 12.6. The van der Waals surface area contributed by atoms with Crippen molar-refractivity contribution >= 4 is 47.2 Å². The van der Waals surface area contributed by atoms with Crippen molar-refractivity contribution in [1.29, 1.82) is 0 Å². The lowest BCUT2D eigenvalue weighted by molar-refractivity contribution is -0.140. The monoisotopic (exact) mass is 519 g/mol. The highest BCUT2D eigenvalue weighted by molar-refractivity contribution is 14.0. The summed E-state index contributed by atoms with van der Waals surface area (Å²) >= 11 is 0.995. The first-order valence-electron chi connectivity index (χ1n) is 8.67. The number of rotatable bonds is 6. The van der Waals surface area contributed by atoms with Crippen LogP contribution in [0.4, 0.5) is 13.2 Å². The van der Waals surface area contributed by atoms with Gasteiger partial charge in [0, 0.05) is 50.4 Å². The molecule has 0 aromatic carbocycles. The molecule has 0 bridgehead atoms. The number of nitrogens with zero attached hydrogens (tertiary/aromatic N) is 3. The number of alkyl halides is 3. The predicted octanol–water partition coefficient (Wildman–Crippen LogP) is 2.89. The number of likely N-dealkylation sites (tertiary alicyclic amines) is 1. The third-order valence-electron chi connectivity index (χ3n) is 3.97. The molecule has 1 unspecified atom stereocenters. The fourth-order valence-corrected chi connectivity index (χ4v) is 3.46. The molecule has 1 aromatic rings. The summed E-state index contributed by atoms with van der Waals surface area (Å²) in [4.78, 5) is 21.6. The minimum absolute atomic E-state index is 0. The van der Waals surface area contributed by atoms with Crippen molar-refractivity contribution < 1.29 is 18.0 Å². The summed E-state index contributed by atoms with van der Waals surface area (Å²) in [6.45, 7) is 6.16. The molecule has 1 saturated heterocycles. The topological polar surface area (TPSA) is 69.6 Å². The average Bonchev–Trinajstić information content (AvgIpc) is 3.23. The maximum absolute atomic E-state index is 12.6. The Bertz CT molecular complexity index is 638. The van der Waals surface area contributed by atoms with Crippen LogP contribution in [0.5, 0.6) is 0 Å². The van der Waals surface area contributed by atoms with Crippen LogP contribution in [-0.4, -0.2) is 54.0 Å². The zero-order valence-electron chi connectivity index (χ0n) is 15.3. The SMILES string of the molecule is CCNC(=NCCc1nc(C(F)(F)F)cs1)NC1CCN(C(=O)CC)C1.I. The first-order chi connectivity index (χ1) is 12.3. The summed E-state index contributed by atoms with van der Waals surface area (Å²) in [5.41, 5.74) is -0.849. The van der Waals surface area contributed by atoms with Gasteiger partial charge < -0.3 is 15.5 Å². The van der Waals surface area contributed by atoms with Gasteiger partial charge in [-0.2, -0.15) is 13.2 Å². The molecule has 154 valence electrons. The first kappa shape index (κ1) is 23.9. The quantitative estimate of drug-likeness (QED) is 0.345. The summed E-state index contributed by atoms with van der Waals surface area (Å²) < 4.78 is 37.7. The maximum Gasteiger partial charge on any atom is 0.434 e. The van der Waals surface area contributed by atoms with Gasteiger partial charge in [0.05, 0.1) is 5.01 Å². The molecule has 1 aliphatic rings. The van der Waals surface area contributed by atoms with Gasteiger partial charge >= 0.3 is 6.18 Å². The van der Waals surface area contributed by atoms with Crippen LogP contribution in [0.3, 0.4) is 0 Å². The number of aliphatic imine (C=N–C) groups is 1. The molecule has 1 fully saturated rings. The van der Waals surface area contributed by atoms with E-state index >= 15 is 0 Å². The van der Waals surface area contributed by atoms with E-state index in [1.54, 1.807) is 0 Å². The number of thiazole rings is 1. The molecule has 2 rings (SSSR count). The van der Waals surface area contributed by atoms with Crippen molar-refractivity contribution in [1.82, 2.24) is 20.5 Å². The fourth-order valence-electron chi connectivity index (χ4n) is 2.66. The van der Waals surface area contributed by atoms with Crippen LogP contribution in [-0.2, 0) is 17.4 Å². The smallest absolute Gasteiger partial charge is 0.357 e. The Kier molecular flexibility index (Phi) is 9.77. The summed E-state index contributed by atoms with van der Waals surface area (Å²) in [7, 11) is 0. The summed E-state index contributed by atoms with van der Waals surface area (Å²) in [6.07, 6.45) is -2.71. The van der Waals surface area contributed by atoms with E-state index in [0.29, 0.717) is 43.4 Å². The van der Waals surface area contributed by atoms with Crippen LogP contribution in [0.25, 0.3) is 0 Å². The van der Waals surface area contributed by atoms with E-state index in [1.807, 2.05) is 18.7 Å². The number of nitrogens with one attached hydrogen (secondary N) is 2. The van der Waals surface area contributed by atoms with Gasteiger partial charge in [0.2, 0.25) is 5.91 Å². The van der Waals surface area contributed by atoms with Gasteiger partial charge in [0.1, 0.15) is 0 Å². The standard InChI is InChI=1S/C16H24F3N5OS.HI/c1-3-14(25)24-8-6-11(9-24)22-15(20-4-2)21-7-5-13-23-12(10-26-13)16(17,18)19;/h10-11H,3-9H2,1-2H3,(H2,20,21,22);1H. The third kappa shape index (κ3) is 7.43. The third-order valence-corrected chi connectivity index (χ3v) is 4.87. The number of carbonyl (C=O) groups is 1. The molecule has 0 aliphatic carbocycles. The number of hydrogen-bond acceptors (Lipinski definition) is 4. The second-order valence-corrected chi connectivity index (χ2v) is 6.90.